The normalized spacial score (nSPS) is 17.2. The summed E-state index contributed by atoms with van der Waals surface area (Å²) in [5.74, 6) is 0. The van der Waals surface area contributed by atoms with Crippen LogP contribution in [0.1, 0.15) is 44.4 Å². The SMILES string of the molecule is C[Si](C)[C@H](c1cccc(-c2ccccc2)c1)c1cc(-c2ccccc2)ccc1B1OC(C)(C)C(C)(C)O1. The molecule has 0 aliphatic carbocycles. The van der Waals surface area contributed by atoms with Crippen LogP contribution >= 0.6 is 0 Å². The second-order valence-corrected chi connectivity index (χ2v) is 14.0. The predicted octanol–water partition coefficient (Wildman–Crippen LogP) is 7.75. The summed E-state index contributed by atoms with van der Waals surface area (Å²) in [5.41, 5.74) is 8.25. The third-order valence-corrected chi connectivity index (χ3v) is 9.72. The van der Waals surface area contributed by atoms with Gasteiger partial charge in [0, 0.05) is 5.54 Å². The summed E-state index contributed by atoms with van der Waals surface area (Å²) >= 11 is 0. The minimum atomic E-state index is -0.792. The molecule has 1 radical (unpaired) electrons. The summed E-state index contributed by atoms with van der Waals surface area (Å²) in [6.07, 6.45) is 0. The molecule has 2 nitrogen and oxygen atoms in total. The van der Waals surface area contributed by atoms with Crippen molar-refractivity contribution >= 4 is 21.4 Å². The maximum absolute atomic E-state index is 6.58. The average molecular weight is 504 g/mol. The number of hydrogen-bond acceptors (Lipinski definition) is 2. The van der Waals surface area contributed by atoms with Gasteiger partial charge in [-0.15, -0.1) is 0 Å². The molecule has 0 aromatic heterocycles. The molecule has 37 heavy (non-hydrogen) atoms. The molecule has 0 amide bonds. The Kier molecular flexibility index (Phi) is 7.02. The van der Waals surface area contributed by atoms with Gasteiger partial charge in [0.05, 0.1) is 20.0 Å². The first-order chi connectivity index (χ1) is 17.7. The zero-order valence-corrected chi connectivity index (χ0v) is 23.8. The van der Waals surface area contributed by atoms with Crippen molar-refractivity contribution in [3.05, 3.63) is 114 Å². The Hall–Kier alpha value is -2.92. The summed E-state index contributed by atoms with van der Waals surface area (Å²) in [7, 11) is -1.19. The zero-order chi connectivity index (χ0) is 26.2. The highest BCUT2D eigenvalue weighted by Gasteiger charge is 2.52. The maximum Gasteiger partial charge on any atom is 0.495 e. The van der Waals surface area contributed by atoms with E-state index in [9.17, 15) is 0 Å². The first-order valence-electron chi connectivity index (χ1n) is 13.2. The van der Waals surface area contributed by atoms with Gasteiger partial charge in [-0.05, 0) is 66.5 Å². The molecule has 1 aliphatic rings. The molecule has 1 aliphatic heterocycles. The lowest BCUT2D eigenvalue weighted by molar-refractivity contribution is 0.00578. The molecule has 0 saturated carbocycles. The van der Waals surface area contributed by atoms with Crippen molar-refractivity contribution in [3.8, 4) is 22.3 Å². The molecule has 4 aromatic rings. The van der Waals surface area contributed by atoms with Crippen LogP contribution in [0.4, 0.5) is 0 Å². The van der Waals surface area contributed by atoms with Crippen LogP contribution in [0, 0.1) is 0 Å². The van der Waals surface area contributed by atoms with Crippen LogP contribution < -0.4 is 5.46 Å². The van der Waals surface area contributed by atoms with Crippen molar-refractivity contribution in [1.82, 2.24) is 0 Å². The van der Waals surface area contributed by atoms with E-state index < -0.39 is 15.9 Å². The van der Waals surface area contributed by atoms with Crippen LogP contribution in [0.3, 0.4) is 0 Å². The van der Waals surface area contributed by atoms with Gasteiger partial charge in [0.15, 0.2) is 0 Å². The van der Waals surface area contributed by atoms with E-state index >= 15 is 0 Å². The molecule has 4 heteroatoms. The Bertz CT molecular complexity index is 1350. The van der Waals surface area contributed by atoms with Crippen molar-refractivity contribution in [1.29, 1.82) is 0 Å². The van der Waals surface area contributed by atoms with Crippen LogP contribution in [0.5, 0.6) is 0 Å². The Morgan fingerprint density at radius 3 is 1.65 bits per heavy atom. The zero-order valence-electron chi connectivity index (χ0n) is 22.8. The molecule has 5 rings (SSSR count). The van der Waals surface area contributed by atoms with E-state index in [1.165, 1.54) is 33.4 Å². The topological polar surface area (TPSA) is 18.5 Å². The van der Waals surface area contributed by atoms with Gasteiger partial charge in [-0.2, -0.15) is 0 Å². The summed E-state index contributed by atoms with van der Waals surface area (Å²) < 4.78 is 13.2. The smallest absolute Gasteiger partial charge is 0.399 e. The molecule has 0 spiro atoms. The Morgan fingerprint density at radius 1 is 0.595 bits per heavy atom. The molecule has 0 N–H and O–H groups in total. The van der Waals surface area contributed by atoms with Crippen LogP contribution in [0.25, 0.3) is 22.3 Å². The highest BCUT2D eigenvalue weighted by Crippen LogP contribution is 2.39. The monoisotopic (exact) mass is 503 g/mol. The number of hydrogen-bond donors (Lipinski definition) is 0. The molecule has 0 bridgehead atoms. The van der Waals surface area contributed by atoms with E-state index in [0.29, 0.717) is 0 Å². The standard InChI is InChI=1S/C33H36BO2Si/c1-32(2)33(3,4)36-34(35-32)30-21-20-27(25-16-11-8-12-17-25)23-29(30)31(37(5)6)28-19-13-18-26(22-28)24-14-9-7-10-15-24/h7-23,31H,1-6H3/t31-/m1/s1. The maximum atomic E-state index is 6.58. The van der Waals surface area contributed by atoms with Crippen LogP contribution in [-0.4, -0.2) is 27.1 Å². The highest BCUT2D eigenvalue weighted by molar-refractivity contribution is 6.64. The average Bonchev–Trinajstić information content (AvgIpc) is 3.11. The number of rotatable bonds is 6. The third kappa shape index (κ3) is 5.11. The molecule has 1 atom stereocenters. The molecule has 1 heterocycles. The lowest BCUT2D eigenvalue weighted by atomic mass is 9.73. The summed E-state index contributed by atoms with van der Waals surface area (Å²) in [6.45, 7) is 13.3. The van der Waals surface area contributed by atoms with E-state index in [0.717, 1.165) is 5.46 Å². The van der Waals surface area contributed by atoms with Crippen molar-refractivity contribution in [3.63, 3.8) is 0 Å². The second kappa shape index (κ2) is 10.1. The lowest BCUT2D eigenvalue weighted by Crippen LogP contribution is -2.41. The molecule has 1 fully saturated rings. The molecular weight excluding hydrogens is 467 g/mol. The fourth-order valence-electron chi connectivity index (χ4n) is 5.17. The first-order valence-corrected chi connectivity index (χ1v) is 15.7. The Labute approximate surface area is 224 Å². The van der Waals surface area contributed by atoms with E-state index in [1.807, 2.05) is 0 Å². The lowest BCUT2D eigenvalue weighted by Gasteiger charge is -2.32. The summed E-state index contributed by atoms with van der Waals surface area (Å²) in [6, 6.07) is 37.2. The van der Waals surface area contributed by atoms with Gasteiger partial charge in [-0.25, -0.2) is 0 Å². The van der Waals surface area contributed by atoms with Gasteiger partial charge in [0.25, 0.3) is 0 Å². The summed E-state index contributed by atoms with van der Waals surface area (Å²) in [4.78, 5) is 0. The summed E-state index contributed by atoms with van der Waals surface area (Å²) in [5, 5.41) is 0. The van der Waals surface area contributed by atoms with E-state index in [-0.39, 0.29) is 16.7 Å². The van der Waals surface area contributed by atoms with Crippen molar-refractivity contribution in [2.24, 2.45) is 0 Å². The fourth-order valence-corrected chi connectivity index (χ4v) is 6.89. The van der Waals surface area contributed by atoms with Gasteiger partial charge in [0.1, 0.15) is 0 Å². The van der Waals surface area contributed by atoms with Crippen LogP contribution in [0.15, 0.2) is 103 Å². The van der Waals surface area contributed by atoms with E-state index in [1.54, 1.807) is 0 Å². The molecule has 1 saturated heterocycles. The van der Waals surface area contributed by atoms with Gasteiger partial charge >= 0.3 is 7.12 Å². The first kappa shape index (κ1) is 25.7. The molecular formula is C33H36BO2Si. The van der Waals surface area contributed by atoms with Crippen molar-refractivity contribution < 1.29 is 9.31 Å². The Morgan fingerprint density at radius 2 is 1.11 bits per heavy atom. The number of benzene rings is 4. The molecule has 0 unspecified atom stereocenters. The van der Waals surface area contributed by atoms with Crippen molar-refractivity contribution in [2.75, 3.05) is 0 Å². The largest absolute Gasteiger partial charge is 0.495 e. The third-order valence-electron chi connectivity index (χ3n) is 7.92. The minimum Gasteiger partial charge on any atom is -0.399 e. The van der Waals surface area contributed by atoms with Gasteiger partial charge in [0.2, 0.25) is 0 Å². The van der Waals surface area contributed by atoms with E-state index in [2.05, 4.69) is 144 Å². The molecule has 4 aromatic carbocycles. The van der Waals surface area contributed by atoms with Gasteiger partial charge < -0.3 is 9.31 Å². The quantitative estimate of drug-likeness (QED) is 0.251. The second-order valence-electron chi connectivity index (χ2n) is 11.3. The van der Waals surface area contributed by atoms with Crippen LogP contribution in [0.2, 0.25) is 13.1 Å². The van der Waals surface area contributed by atoms with Crippen molar-refractivity contribution in [2.45, 2.75) is 57.5 Å². The predicted molar refractivity (Wildman–Crippen MR) is 159 cm³/mol. The van der Waals surface area contributed by atoms with Crippen LogP contribution in [-0.2, 0) is 9.31 Å². The van der Waals surface area contributed by atoms with E-state index in [4.69, 9.17) is 9.31 Å². The van der Waals surface area contributed by atoms with Gasteiger partial charge in [-0.1, -0.05) is 116 Å². The Balaban J connectivity index is 1.66. The minimum absolute atomic E-state index is 0.284. The van der Waals surface area contributed by atoms with Gasteiger partial charge in [-0.3, -0.25) is 0 Å². The molecule has 187 valence electrons. The fraction of sp³-hybridized carbons (Fsp3) is 0.273. The highest BCUT2D eigenvalue weighted by atomic mass is 28.3.